The summed E-state index contributed by atoms with van der Waals surface area (Å²) in [5, 5.41) is 10.3. The number of rotatable bonds is 4. The van der Waals surface area contributed by atoms with Crippen molar-refractivity contribution in [3.8, 4) is 0 Å². The predicted molar refractivity (Wildman–Crippen MR) is 96.8 cm³/mol. The highest BCUT2D eigenvalue weighted by Gasteiger charge is 2.08. The lowest BCUT2D eigenvalue weighted by Crippen LogP contribution is -2.20. The molecule has 2 aromatic carbocycles. The quantitative estimate of drug-likeness (QED) is 0.669. The van der Waals surface area contributed by atoms with Crippen LogP contribution in [0.1, 0.15) is 5.56 Å². The fourth-order valence-electron chi connectivity index (χ4n) is 2.10. The molecule has 2 N–H and O–H groups in total. The second-order valence-corrected chi connectivity index (χ2v) is 5.94. The molecule has 0 radical (unpaired) electrons. The highest BCUT2D eigenvalue weighted by atomic mass is 35.5. The summed E-state index contributed by atoms with van der Waals surface area (Å²) in [5.41, 5.74) is 1.02. The number of aromatic nitrogens is 3. The summed E-state index contributed by atoms with van der Waals surface area (Å²) >= 11 is 11.0. The molecular weight excluding hydrogens is 368 g/mol. The molecule has 9 heteroatoms. The Hall–Kier alpha value is -2.58. The summed E-state index contributed by atoms with van der Waals surface area (Å²) in [6, 6.07) is 10.5. The van der Waals surface area contributed by atoms with E-state index >= 15 is 0 Å². The summed E-state index contributed by atoms with van der Waals surface area (Å²) in [7, 11) is 0. The van der Waals surface area contributed by atoms with Crippen molar-refractivity contribution in [2.24, 2.45) is 0 Å². The SMILES string of the molecule is Fc1ccc(NC(=S)Nc2ncn(Cc3cccc(Cl)c3)n2)c(F)c1. The summed E-state index contributed by atoms with van der Waals surface area (Å²) < 4.78 is 28.1. The molecule has 1 aromatic heterocycles. The Bertz CT molecular complexity index is 915. The van der Waals surface area contributed by atoms with Gasteiger partial charge in [-0.15, -0.1) is 5.10 Å². The first-order valence-electron chi connectivity index (χ1n) is 7.16. The summed E-state index contributed by atoms with van der Waals surface area (Å²) in [4.78, 5) is 4.08. The average molecular weight is 380 g/mol. The lowest BCUT2D eigenvalue weighted by atomic mass is 10.2. The first-order chi connectivity index (χ1) is 12.0. The van der Waals surface area contributed by atoms with Crippen molar-refractivity contribution in [1.82, 2.24) is 14.8 Å². The number of thiocarbonyl (C=S) groups is 1. The van der Waals surface area contributed by atoms with Gasteiger partial charge in [-0.1, -0.05) is 23.7 Å². The molecule has 0 saturated heterocycles. The van der Waals surface area contributed by atoms with Gasteiger partial charge in [0.25, 0.3) is 0 Å². The van der Waals surface area contributed by atoms with Gasteiger partial charge in [-0.25, -0.2) is 18.4 Å². The molecule has 3 rings (SSSR count). The molecule has 0 aliphatic rings. The molecular formula is C16H12ClF2N5S. The number of anilines is 2. The summed E-state index contributed by atoms with van der Waals surface area (Å²) in [6.07, 6.45) is 1.53. The van der Waals surface area contributed by atoms with E-state index in [4.69, 9.17) is 23.8 Å². The molecule has 1 heterocycles. The normalized spacial score (nSPS) is 10.5. The maximum atomic E-state index is 13.6. The van der Waals surface area contributed by atoms with E-state index < -0.39 is 11.6 Å². The Labute approximate surface area is 152 Å². The van der Waals surface area contributed by atoms with Crippen LogP contribution in [0.3, 0.4) is 0 Å². The van der Waals surface area contributed by atoms with Gasteiger partial charge in [0.05, 0.1) is 12.2 Å². The number of nitrogens with zero attached hydrogens (tertiary/aromatic N) is 3. The zero-order valence-electron chi connectivity index (χ0n) is 12.7. The molecule has 0 aliphatic heterocycles. The molecule has 0 spiro atoms. The van der Waals surface area contributed by atoms with Crippen molar-refractivity contribution in [3.05, 3.63) is 71.0 Å². The Morgan fingerprint density at radius 2 is 2.00 bits per heavy atom. The number of benzene rings is 2. The van der Waals surface area contributed by atoms with Gasteiger partial charge in [0.15, 0.2) is 5.11 Å². The van der Waals surface area contributed by atoms with Crippen molar-refractivity contribution >= 4 is 40.6 Å². The van der Waals surface area contributed by atoms with Gasteiger partial charge in [-0.05, 0) is 42.0 Å². The molecule has 0 fully saturated rings. The van der Waals surface area contributed by atoms with E-state index in [1.807, 2.05) is 18.2 Å². The van der Waals surface area contributed by atoms with Crippen molar-refractivity contribution in [2.75, 3.05) is 10.6 Å². The third-order valence-corrected chi connectivity index (χ3v) is 3.61. The number of nitrogens with one attached hydrogen (secondary N) is 2. The van der Waals surface area contributed by atoms with Gasteiger partial charge in [-0.2, -0.15) is 0 Å². The van der Waals surface area contributed by atoms with Gasteiger partial charge in [-0.3, -0.25) is 5.32 Å². The number of halogens is 3. The fourth-order valence-corrected chi connectivity index (χ4v) is 2.51. The van der Waals surface area contributed by atoms with Crippen LogP contribution >= 0.6 is 23.8 Å². The van der Waals surface area contributed by atoms with Crippen LogP contribution in [0.5, 0.6) is 0 Å². The molecule has 0 atom stereocenters. The van der Waals surface area contributed by atoms with Crippen LogP contribution in [0.15, 0.2) is 48.8 Å². The molecule has 128 valence electrons. The van der Waals surface area contributed by atoms with Crippen LogP contribution < -0.4 is 10.6 Å². The Balaban J connectivity index is 1.61. The first-order valence-corrected chi connectivity index (χ1v) is 7.95. The first kappa shape index (κ1) is 17.2. The van der Waals surface area contributed by atoms with Crippen LogP contribution in [-0.2, 0) is 6.54 Å². The number of hydrogen-bond donors (Lipinski definition) is 2. The van der Waals surface area contributed by atoms with E-state index in [1.165, 1.54) is 12.4 Å². The molecule has 0 aliphatic carbocycles. The minimum absolute atomic E-state index is 0.0530. The predicted octanol–water partition coefficient (Wildman–Crippen LogP) is 4.07. The molecule has 0 saturated carbocycles. The summed E-state index contributed by atoms with van der Waals surface area (Å²) in [6.45, 7) is 0.488. The zero-order chi connectivity index (χ0) is 17.8. The van der Waals surface area contributed by atoms with Crippen LogP contribution in [0.4, 0.5) is 20.4 Å². The van der Waals surface area contributed by atoms with Gasteiger partial charge in [0, 0.05) is 11.1 Å². The maximum Gasteiger partial charge on any atom is 0.248 e. The average Bonchev–Trinajstić information content (AvgIpc) is 2.97. The van der Waals surface area contributed by atoms with Gasteiger partial charge in [0.2, 0.25) is 5.95 Å². The van der Waals surface area contributed by atoms with Gasteiger partial charge >= 0.3 is 0 Å². The Morgan fingerprint density at radius 3 is 2.76 bits per heavy atom. The zero-order valence-corrected chi connectivity index (χ0v) is 14.3. The Morgan fingerprint density at radius 1 is 1.16 bits per heavy atom. The van der Waals surface area contributed by atoms with E-state index in [-0.39, 0.29) is 16.7 Å². The monoisotopic (exact) mass is 379 g/mol. The smallest absolute Gasteiger partial charge is 0.248 e. The second-order valence-electron chi connectivity index (χ2n) is 5.10. The van der Waals surface area contributed by atoms with Crippen molar-refractivity contribution in [1.29, 1.82) is 0 Å². The molecule has 5 nitrogen and oxygen atoms in total. The topological polar surface area (TPSA) is 54.8 Å². The second kappa shape index (κ2) is 7.54. The third kappa shape index (κ3) is 4.71. The van der Waals surface area contributed by atoms with Crippen LogP contribution in [0.2, 0.25) is 5.02 Å². The van der Waals surface area contributed by atoms with E-state index in [1.54, 1.807) is 10.7 Å². The highest BCUT2D eigenvalue weighted by molar-refractivity contribution is 7.80. The standard InChI is InChI=1S/C16H12ClF2N5S/c17-11-3-1-2-10(6-11)8-24-9-20-15(23-24)22-16(25)21-14-5-4-12(18)7-13(14)19/h1-7,9H,8H2,(H2,21,22,23,25). The lowest BCUT2D eigenvalue weighted by molar-refractivity contribution is 0.586. The highest BCUT2D eigenvalue weighted by Crippen LogP contribution is 2.15. The van der Waals surface area contributed by atoms with Crippen LogP contribution in [-0.4, -0.2) is 19.9 Å². The van der Waals surface area contributed by atoms with Gasteiger partial charge < -0.3 is 5.32 Å². The lowest BCUT2D eigenvalue weighted by Gasteiger charge is -2.08. The molecule has 25 heavy (non-hydrogen) atoms. The maximum absolute atomic E-state index is 13.6. The molecule has 0 unspecified atom stereocenters. The number of hydrogen-bond acceptors (Lipinski definition) is 3. The van der Waals surface area contributed by atoms with Crippen molar-refractivity contribution in [3.63, 3.8) is 0 Å². The van der Waals surface area contributed by atoms with E-state index in [9.17, 15) is 8.78 Å². The Kier molecular flexibility index (Phi) is 5.20. The van der Waals surface area contributed by atoms with Crippen LogP contribution in [0.25, 0.3) is 0 Å². The van der Waals surface area contributed by atoms with E-state index in [0.29, 0.717) is 11.6 Å². The molecule has 0 amide bonds. The van der Waals surface area contributed by atoms with Gasteiger partial charge in [0.1, 0.15) is 18.0 Å². The summed E-state index contributed by atoms with van der Waals surface area (Å²) in [5.74, 6) is -1.16. The molecule has 0 bridgehead atoms. The van der Waals surface area contributed by atoms with E-state index in [0.717, 1.165) is 17.7 Å². The van der Waals surface area contributed by atoms with Crippen molar-refractivity contribution < 1.29 is 8.78 Å². The minimum Gasteiger partial charge on any atom is -0.330 e. The molecule has 3 aromatic rings. The fraction of sp³-hybridized carbons (Fsp3) is 0.0625. The minimum atomic E-state index is -0.747. The third-order valence-electron chi connectivity index (χ3n) is 3.17. The van der Waals surface area contributed by atoms with Crippen LogP contribution in [0, 0.1) is 11.6 Å². The van der Waals surface area contributed by atoms with Crippen molar-refractivity contribution in [2.45, 2.75) is 6.54 Å². The van der Waals surface area contributed by atoms with E-state index in [2.05, 4.69) is 20.7 Å². The largest absolute Gasteiger partial charge is 0.330 e.